The molecule has 112 valence electrons. The highest BCUT2D eigenvalue weighted by Crippen LogP contribution is 2.23. The van der Waals surface area contributed by atoms with E-state index < -0.39 is 5.60 Å². The molecule has 0 aliphatic heterocycles. The Morgan fingerprint density at radius 2 is 1.85 bits per heavy atom. The van der Waals surface area contributed by atoms with Gasteiger partial charge in [-0.05, 0) is 51.1 Å². The number of nitrogens with zero attached hydrogens (tertiary/aromatic N) is 1. The molecule has 1 aromatic carbocycles. The van der Waals surface area contributed by atoms with Crippen LogP contribution in [0.25, 0.3) is 0 Å². The Morgan fingerprint density at radius 1 is 1.25 bits per heavy atom. The Hall–Kier alpha value is -1.59. The van der Waals surface area contributed by atoms with Crippen molar-refractivity contribution in [1.82, 2.24) is 0 Å². The average molecular weight is 280 g/mol. The van der Waals surface area contributed by atoms with Gasteiger partial charge in [0.25, 0.3) is 5.91 Å². The molecule has 20 heavy (non-hydrogen) atoms. The van der Waals surface area contributed by atoms with E-state index in [0.29, 0.717) is 13.1 Å². The SMILES string of the molecule is COc1ccc(N(CCCN)C(=O)C(C)(C)OC)cc1. The Labute approximate surface area is 120 Å². The Bertz CT molecular complexity index is 429. The van der Waals surface area contributed by atoms with Gasteiger partial charge in [-0.1, -0.05) is 0 Å². The van der Waals surface area contributed by atoms with Crippen LogP contribution < -0.4 is 15.4 Å². The number of carbonyl (C=O) groups excluding carboxylic acids is 1. The summed E-state index contributed by atoms with van der Waals surface area (Å²) < 4.78 is 10.4. The first-order chi connectivity index (χ1) is 9.46. The van der Waals surface area contributed by atoms with Crippen LogP contribution in [0.4, 0.5) is 5.69 Å². The normalized spacial score (nSPS) is 11.2. The van der Waals surface area contributed by atoms with Crippen molar-refractivity contribution in [2.45, 2.75) is 25.9 Å². The van der Waals surface area contributed by atoms with Gasteiger partial charge in [-0.3, -0.25) is 4.79 Å². The topological polar surface area (TPSA) is 64.8 Å². The third-order valence-corrected chi connectivity index (χ3v) is 3.24. The molecule has 0 atom stereocenters. The number of hydrogen-bond acceptors (Lipinski definition) is 4. The summed E-state index contributed by atoms with van der Waals surface area (Å²) in [5, 5.41) is 0. The minimum atomic E-state index is -0.867. The number of benzene rings is 1. The largest absolute Gasteiger partial charge is 0.497 e. The van der Waals surface area contributed by atoms with Crippen molar-refractivity contribution in [3.8, 4) is 5.75 Å². The second-order valence-electron chi connectivity index (χ2n) is 5.01. The van der Waals surface area contributed by atoms with Crippen molar-refractivity contribution in [2.24, 2.45) is 5.73 Å². The highest BCUT2D eigenvalue weighted by atomic mass is 16.5. The summed E-state index contributed by atoms with van der Waals surface area (Å²) in [7, 11) is 3.15. The highest BCUT2D eigenvalue weighted by molar-refractivity contribution is 5.99. The molecule has 0 fully saturated rings. The fourth-order valence-electron chi connectivity index (χ4n) is 1.77. The number of rotatable bonds is 7. The van der Waals surface area contributed by atoms with E-state index in [1.165, 1.54) is 7.11 Å². The maximum Gasteiger partial charge on any atom is 0.258 e. The van der Waals surface area contributed by atoms with Crippen molar-refractivity contribution in [3.05, 3.63) is 24.3 Å². The lowest BCUT2D eigenvalue weighted by atomic mass is 10.1. The number of carbonyl (C=O) groups is 1. The maximum absolute atomic E-state index is 12.6. The first kappa shape index (κ1) is 16.5. The van der Waals surface area contributed by atoms with Crippen LogP contribution in [-0.4, -0.2) is 38.8 Å². The summed E-state index contributed by atoms with van der Waals surface area (Å²) in [6.07, 6.45) is 0.734. The molecule has 0 unspecified atom stereocenters. The molecule has 0 saturated heterocycles. The fraction of sp³-hybridized carbons (Fsp3) is 0.533. The smallest absolute Gasteiger partial charge is 0.258 e. The van der Waals surface area contributed by atoms with Crippen LogP contribution in [-0.2, 0) is 9.53 Å². The van der Waals surface area contributed by atoms with Gasteiger partial charge in [0.1, 0.15) is 11.4 Å². The van der Waals surface area contributed by atoms with Gasteiger partial charge in [-0.25, -0.2) is 0 Å². The molecule has 0 bridgehead atoms. The second kappa shape index (κ2) is 7.26. The summed E-state index contributed by atoms with van der Waals surface area (Å²) in [5.74, 6) is 0.671. The van der Waals surface area contributed by atoms with Crippen LogP contribution in [0.3, 0.4) is 0 Å². The van der Waals surface area contributed by atoms with E-state index in [1.807, 2.05) is 24.3 Å². The first-order valence-corrected chi connectivity index (χ1v) is 6.67. The predicted octanol–water partition coefficient (Wildman–Crippen LogP) is 1.80. The van der Waals surface area contributed by atoms with Gasteiger partial charge < -0.3 is 20.1 Å². The van der Waals surface area contributed by atoms with Gasteiger partial charge in [-0.2, -0.15) is 0 Å². The minimum absolute atomic E-state index is 0.0846. The molecule has 0 aromatic heterocycles. The molecule has 2 N–H and O–H groups in total. The zero-order chi connectivity index (χ0) is 15.2. The van der Waals surface area contributed by atoms with Gasteiger partial charge in [0.15, 0.2) is 0 Å². The highest BCUT2D eigenvalue weighted by Gasteiger charge is 2.32. The van der Waals surface area contributed by atoms with E-state index in [0.717, 1.165) is 17.9 Å². The van der Waals surface area contributed by atoms with E-state index in [2.05, 4.69) is 0 Å². The van der Waals surface area contributed by atoms with Crippen LogP contribution in [0.5, 0.6) is 5.75 Å². The zero-order valence-corrected chi connectivity index (χ0v) is 12.7. The summed E-state index contributed by atoms with van der Waals surface area (Å²) in [4.78, 5) is 14.3. The summed E-state index contributed by atoms with van der Waals surface area (Å²) in [6.45, 7) is 4.62. The third kappa shape index (κ3) is 3.95. The number of anilines is 1. The van der Waals surface area contributed by atoms with Gasteiger partial charge in [0.05, 0.1) is 7.11 Å². The standard InChI is InChI=1S/C15H24N2O3/c1-15(2,20-4)14(18)17(11-5-10-16)12-6-8-13(19-3)9-7-12/h6-9H,5,10-11,16H2,1-4H3. The van der Waals surface area contributed by atoms with Crippen LogP contribution in [0.1, 0.15) is 20.3 Å². The van der Waals surface area contributed by atoms with Crippen molar-refractivity contribution < 1.29 is 14.3 Å². The van der Waals surface area contributed by atoms with Crippen molar-refractivity contribution in [1.29, 1.82) is 0 Å². The maximum atomic E-state index is 12.6. The van der Waals surface area contributed by atoms with Crippen LogP contribution in [0, 0.1) is 0 Å². The molecule has 0 heterocycles. The van der Waals surface area contributed by atoms with Crippen molar-refractivity contribution in [3.63, 3.8) is 0 Å². The molecule has 0 radical (unpaired) electrons. The number of methoxy groups -OCH3 is 2. The first-order valence-electron chi connectivity index (χ1n) is 6.67. The molecule has 0 spiro atoms. The molecule has 5 nitrogen and oxygen atoms in total. The fourth-order valence-corrected chi connectivity index (χ4v) is 1.77. The molecule has 1 rings (SSSR count). The van der Waals surface area contributed by atoms with E-state index in [9.17, 15) is 4.79 Å². The monoisotopic (exact) mass is 280 g/mol. The Kier molecular flexibility index (Phi) is 5.98. The Balaban J connectivity index is 3.01. The lowest BCUT2D eigenvalue weighted by Gasteiger charge is -2.31. The predicted molar refractivity (Wildman–Crippen MR) is 80.1 cm³/mol. The van der Waals surface area contributed by atoms with Crippen molar-refractivity contribution in [2.75, 3.05) is 32.2 Å². The van der Waals surface area contributed by atoms with Crippen molar-refractivity contribution >= 4 is 11.6 Å². The molecule has 1 amide bonds. The number of ether oxygens (including phenoxy) is 2. The number of nitrogens with two attached hydrogens (primary N) is 1. The quantitative estimate of drug-likeness (QED) is 0.827. The minimum Gasteiger partial charge on any atom is -0.497 e. The molecule has 0 saturated carbocycles. The van der Waals surface area contributed by atoms with Gasteiger partial charge in [0.2, 0.25) is 0 Å². The van der Waals surface area contributed by atoms with Crippen LogP contribution in [0.2, 0.25) is 0 Å². The van der Waals surface area contributed by atoms with E-state index in [1.54, 1.807) is 25.9 Å². The molecule has 0 aliphatic carbocycles. The summed E-state index contributed by atoms with van der Waals surface area (Å²) in [5.41, 5.74) is 5.50. The van der Waals surface area contributed by atoms with Gasteiger partial charge in [0, 0.05) is 19.3 Å². The molecule has 0 aliphatic rings. The third-order valence-electron chi connectivity index (χ3n) is 3.24. The lowest BCUT2D eigenvalue weighted by molar-refractivity contribution is -0.136. The second-order valence-corrected chi connectivity index (χ2v) is 5.01. The van der Waals surface area contributed by atoms with Gasteiger partial charge in [-0.15, -0.1) is 0 Å². The van der Waals surface area contributed by atoms with E-state index in [4.69, 9.17) is 15.2 Å². The summed E-state index contributed by atoms with van der Waals surface area (Å²) in [6, 6.07) is 7.38. The molecule has 1 aromatic rings. The summed E-state index contributed by atoms with van der Waals surface area (Å²) >= 11 is 0. The lowest BCUT2D eigenvalue weighted by Crippen LogP contribution is -2.47. The molecular weight excluding hydrogens is 256 g/mol. The zero-order valence-electron chi connectivity index (χ0n) is 12.7. The van der Waals surface area contributed by atoms with Crippen LogP contribution >= 0.6 is 0 Å². The van der Waals surface area contributed by atoms with Crippen LogP contribution in [0.15, 0.2) is 24.3 Å². The average Bonchev–Trinajstić information content (AvgIpc) is 2.48. The van der Waals surface area contributed by atoms with Gasteiger partial charge >= 0.3 is 0 Å². The number of hydrogen-bond donors (Lipinski definition) is 1. The Morgan fingerprint density at radius 3 is 2.30 bits per heavy atom. The van der Waals surface area contributed by atoms with E-state index in [-0.39, 0.29) is 5.91 Å². The molecule has 5 heteroatoms. The number of amides is 1. The molecular formula is C15H24N2O3. The van der Waals surface area contributed by atoms with E-state index >= 15 is 0 Å².